The maximum atomic E-state index is 7.56. The van der Waals surface area contributed by atoms with Crippen molar-refractivity contribution in [2.45, 2.75) is 26.3 Å². The Morgan fingerprint density at radius 3 is 2.90 bits per heavy atom. The van der Waals surface area contributed by atoms with Gasteiger partial charge in [-0.25, -0.2) is 0 Å². The molecule has 0 fully saturated rings. The quantitative estimate of drug-likeness (QED) is 0.669. The van der Waals surface area contributed by atoms with Gasteiger partial charge in [-0.05, 0) is 43.0 Å². The lowest BCUT2D eigenvalue weighted by Crippen LogP contribution is -2.29. The Balaban J connectivity index is 1.86. The molecule has 0 amide bonds. The van der Waals surface area contributed by atoms with Crippen LogP contribution in [0.3, 0.4) is 0 Å². The summed E-state index contributed by atoms with van der Waals surface area (Å²) in [6.07, 6.45) is 2.36. The van der Waals surface area contributed by atoms with Gasteiger partial charge in [0.05, 0.1) is 0 Å². The number of nitrogens with two attached hydrogens (primary N) is 1. The van der Waals surface area contributed by atoms with Gasteiger partial charge in [-0.2, -0.15) is 0 Å². The first-order valence-corrected chi connectivity index (χ1v) is 7.41. The molecule has 0 atom stereocenters. The highest BCUT2D eigenvalue weighted by molar-refractivity contribution is 5.95. The largest absolute Gasteiger partial charge is 0.384 e. The third-order valence-corrected chi connectivity index (χ3v) is 4.06. The molecule has 0 unspecified atom stereocenters. The van der Waals surface area contributed by atoms with Crippen LogP contribution in [0.15, 0.2) is 42.5 Å². The Kier molecular flexibility index (Phi) is 3.65. The SMILES string of the molecule is Cc1ccc2c(c1)CCCN2Cc1cccc(C(=N)N)c1. The number of amidine groups is 1. The Morgan fingerprint density at radius 2 is 2.10 bits per heavy atom. The number of aryl methyl sites for hydroxylation is 2. The smallest absolute Gasteiger partial charge is 0.122 e. The molecule has 0 aliphatic carbocycles. The number of fused-ring (bicyclic) bond motifs is 1. The second kappa shape index (κ2) is 5.60. The van der Waals surface area contributed by atoms with E-state index < -0.39 is 0 Å². The van der Waals surface area contributed by atoms with Crippen LogP contribution in [-0.2, 0) is 13.0 Å². The van der Waals surface area contributed by atoms with Gasteiger partial charge in [0.2, 0.25) is 0 Å². The molecule has 2 aromatic carbocycles. The van der Waals surface area contributed by atoms with E-state index in [0.717, 1.165) is 18.7 Å². The van der Waals surface area contributed by atoms with Crippen LogP contribution >= 0.6 is 0 Å². The zero-order valence-corrected chi connectivity index (χ0v) is 12.4. The Morgan fingerprint density at radius 1 is 1.24 bits per heavy atom. The van der Waals surface area contributed by atoms with Gasteiger partial charge in [-0.15, -0.1) is 0 Å². The van der Waals surface area contributed by atoms with E-state index in [2.05, 4.69) is 36.1 Å². The van der Waals surface area contributed by atoms with Crippen molar-refractivity contribution >= 4 is 11.5 Å². The summed E-state index contributed by atoms with van der Waals surface area (Å²) in [7, 11) is 0. The molecule has 3 nitrogen and oxygen atoms in total. The Hall–Kier alpha value is -2.29. The lowest BCUT2D eigenvalue weighted by molar-refractivity contribution is 0.690. The summed E-state index contributed by atoms with van der Waals surface area (Å²) in [5.74, 6) is 0.131. The van der Waals surface area contributed by atoms with Gasteiger partial charge in [0.25, 0.3) is 0 Å². The van der Waals surface area contributed by atoms with Gasteiger partial charge in [0.1, 0.15) is 5.84 Å². The number of hydrogen-bond acceptors (Lipinski definition) is 2. The fraction of sp³-hybridized carbons (Fsp3) is 0.278. The molecular formula is C18H21N3. The van der Waals surface area contributed by atoms with E-state index in [1.165, 1.54) is 35.2 Å². The molecule has 3 heteroatoms. The molecule has 1 aliphatic rings. The van der Waals surface area contributed by atoms with E-state index in [1.807, 2.05) is 18.2 Å². The summed E-state index contributed by atoms with van der Waals surface area (Å²) in [4.78, 5) is 2.43. The second-order valence-corrected chi connectivity index (χ2v) is 5.77. The third kappa shape index (κ3) is 2.92. The first kappa shape index (κ1) is 13.7. The Bertz CT molecular complexity index is 676. The first-order chi connectivity index (χ1) is 10.1. The molecule has 1 aliphatic heterocycles. The highest BCUT2D eigenvalue weighted by atomic mass is 15.1. The zero-order valence-electron chi connectivity index (χ0n) is 12.4. The first-order valence-electron chi connectivity index (χ1n) is 7.41. The summed E-state index contributed by atoms with van der Waals surface area (Å²) in [5.41, 5.74) is 11.7. The maximum absolute atomic E-state index is 7.56. The monoisotopic (exact) mass is 279 g/mol. The van der Waals surface area contributed by atoms with Crippen molar-refractivity contribution in [3.63, 3.8) is 0 Å². The molecule has 108 valence electrons. The lowest BCUT2D eigenvalue weighted by atomic mass is 9.99. The zero-order chi connectivity index (χ0) is 14.8. The van der Waals surface area contributed by atoms with Gasteiger partial charge < -0.3 is 10.6 Å². The summed E-state index contributed by atoms with van der Waals surface area (Å²) in [5, 5.41) is 7.56. The molecule has 2 aromatic rings. The van der Waals surface area contributed by atoms with Crippen LogP contribution in [0, 0.1) is 12.3 Å². The van der Waals surface area contributed by atoms with Crippen molar-refractivity contribution in [1.82, 2.24) is 0 Å². The number of rotatable bonds is 3. The van der Waals surface area contributed by atoms with E-state index in [4.69, 9.17) is 11.1 Å². The predicted molar refractivity (Wildman–Crippen MR) is 88.0 cm³/mol. The van der Waals surface area contributed by atoms with Gasteiger partial charge in [0.15, 0.2) is 0 Å². The number of nitrogen functional groups attached to an aromatic ring is 1. The number of nitrogens with one attached hydrogen (secondary N) is 1. The van der Waals surface area contributed by atoms with Crippen LogP contribution in [0.25, 0.3) is 0 Å². The fourth-order valence-corrected chi connectivity index (χ4v) is 3.03. The number of anilines is 1. The number of benzene rings is 2. The minimum atomic E-state index is 0.131. The van der Waals surface area contributed by atoms with Crippen molar-refractivity contribution in [3.05, 3.63) is 64.7 Å². The molecule has 0 spiro atoms. The lowest BCUT2D eigenvalue weighted by Gasteiger charge is -2.31. The second-order valence-electron chi connectivity index (χ2n) is 5.77. The van der Waals surface area contributed by atoms with Crippen molar-refractivity contribution < 1.29 is 0 Å². The van der Waals surface area contributed by atoms with Crippen LogP contribution in [0.4, 0.5) is 5.69 Å². The highest BCUT2D eigenvalue weighted by Crippen LogP contribution is 2.29. The van der Waals surface area contributed by atoms with Crippen LogP contribution < -0.4 is 10.6 Å². The average molecular weight is 279 g/mol. The van der Waals surface area contributed by atoms with Gasteiger partial charge >= 0.3 is 0 Å². The maximum Gasteiger partial charge on any atom is 0.122 e. The van der Waals surface area contributed by atoms with E-state index >= 15 is 0 Å². The summed E-state index contributed by atoms with van der Waals surface area (Å²) >= 11 is 0. The van der Waals surface area contributed by atoms with Gasteiger partial charge in [0, 0.05) is 24.3 Å². The summed E-state index contributed by atoms with van der Waals surface area (Å²) < 4.78 is 0. The highest BCUT2D eigenvalue weighted by Gasteiger charge is 2.17. The molecule has 0 bridgehead atoms. The van der Waals surface area contributed by atoms with Crippen LogP contribution in [-0.4, -0.2) is 12.4 Å². The molecule has 1 heterocycles. The number of nitrogens with zero attached hydrogens (tertiary/aromatic N) is 1. The van der Waals surface area contributed by atoms with Crippen LogP contribution in [0.2, 0.25) is 0 Å². The van der Waals surface area contributed by atoms with E-state index in [0.29, 0.717) is 0 Å². The molecule has 0 saturated carbocycles. The van der Waals surface area contributed by atoms with Crippen molar-refractivity contribution in [2.75, 3.05) is 11.4 Å². The van der Waals surface area contributed by atoms with Crippen molar-refractivity contribution in [2.24, 2.45) is 5.73 Å². The van der Waals surface area contributed by atoms with Gasteiger partial charge in [-0.3, -0.25) is 5.41 Å². The summed E-state index contributed by atoms with van der Waals surface area (Å²) in [6, 6.07) is 14.7. The topological polar surface area (TPSA) is 53.1 Å². The molecule has 21 heavy (non-hydrogen) atoms. The van der Waals surface area contributed by atoms with Crippen LogP contribution in [0.5, 0.6) is 0 Å². The molecule has 0 saturated heterocycles. The Labute approximate surface area is 125 Å². The predicted octanol–water partition coefficient (Wildman–Crippen LogP) is 3.23. The summed E-state index contributed by atoms with van der Waals surface area (Å²) in [6.45, 7) is 4.10. The minimum absolute atomic E-state index is 0.131. The van der Waals surface area contributed by atoms with E-state index in [1.54, 1.807) is 0 Å². The fourth-order valence-electron chi connectivity index (χ4n) is 3.03. The molecule has 0 aromatic heterocycles. The molecule has 3 N–H and O–H groups in total. The van der Waals surface area contributed by atoms with Crippen molar-refractivity contribution in [3.8, 4) is 0 Å². The molecule has 0 radical (unpaired) electrons. The molecular weight excluding hydrogens is 258 g/mol. The number of hydrogen-bond donors (Lipinski definition) is 2. The standard InChI is InChI=1S/C18H21N3/c1-13-7-8-17-15(10-13)6-3-9-21(17)12-14-4-2-5-16(11-14)18(19)20/h2,4-5,7-8,10-11H,3,6,9,12H2,1H3,(H3,19,20). The minimum Gasteiger partial charge on any atom is -0.384 e. The van der Waals surface area contributed by atoms with E-state index in [9.17, 15) is 0 Å². The molecule has 3 rings (SSSR count). The van der Waals surface area contributed by atoms with E-state index in [-0.39, 0.29) is 5.84 Å². The average Bonchev–Trinajstić information content (AvgIpc) is 2.47. The van der Waals surface area contributed by atoms with Crippen LogP contribution in [0.1, 0.15) is 28.7 Å². The van der Waals surface area contributed by atoms with Gasteiger partial charge in [-0.1, -0.05) is 35.9 Å². The third-order valence-electron chi connectivity index (χ3n) is 4.06. The normalized spacial score (nSPS) is 13.9. The van der Waals surface area contributed by atoms with Crippen molar-refractivity contribution in [1.29, 1.82) is 5.41 Å².